The van der Waals surface area contributed by atoms with Crippen molar-refractivity contribution in [2.24, 2.45) is 0 Å². The van der Waals surface area contributed by atoms with Crippen LogP contribution in [0.2, 0.25) is 0 Å². The van der Waals surface area contributed by atoms with Gasteiger partial charge in [0.25, 0.3) is 5.56 Å². The van der Waals surface area contributed by atoms with Gasteiger partial charge >= 0.3 is 5.97 Å². The van der Waals surface area contributed by atoms with Crippen LogP contribution in [0.4, 0.5) is 0 Å². The van der Waals surface area contributed by atoms with Gasteiger partial charge in [0, 0.05) is 49.3 Å². The summed E-state index contributed by atoms with van der Waals surface area (Å²) in [5.74, 6) is 1.83. The SMILES string of the molecule is CCOC(=O)/C=C/c1cc(OC)cc2c1ccc(=O)n2CN1CCC(NCc2ccc3c(c2)OCCO3)CC1. The second-order valence-electron chi connectivity index (χ2n) is 9.73. The predicted molar refractivity (Wildman–Crippen MR) is 149 cm³/mol. The molecule has 0 radical (unpaired) electrons. The fraction of sp³-hybridized carbons (Fsp3) is 0.400. The van der Waals surface area contributed by atoms with Crippen LogP contribution in [0.1, 0.15) is 30.9 Å². The third-order valence-corrected chi connectivity index (χ3v) is 7.16. The highest BCUT2D eigenvalue weighted by Crippen LogP contribution is 2.31. The molecule has 1 fully saturated rings. The maximum Gasteiger partial charge on any atom is 0.330 e. The number of pyridine rings is 1. The Morgan fingerprint density at radius 2 is 1.87 bits per heavy atom. The highest BCUT2D eigenvalue weighted by atomic mass is 16.6. The van der Waals surface area contributed by atoms with Crippen LogP contribution in [0, 0.1) is 0 Å². The van der Waals surface area contributed by atoms with Gasteiger partial charge in [-0.15, -0.1) is 0 Å². The van der Waals surface area contributed by atoms with Gasteiger partial charge in [-0.05, 0) is 61.2 Å². The molecule has 3 heterocycles. The second-order valence-corrected chi connectivity index (χ2v) is 9.73. The number of likely N-dealkylation sites (tertiary alicyclic amines) is 1. The van der Waals surface area contributed by atoms with Crippen molar-refractivity contribution in [3.8, 4) is 17.2 Å². The quantitative estimate of drug-likeness (QED) is 0.330. The number of hydrogen-bond donors (Lipinski definition) is 1. The first kappa shape index (κ1) is 26.8. The van der Waals surface area contributed by atoms with E-state index in [1.165, 1.54) is 11.6 Å². The molecule has 206 valence electrons. The maximum absolute atomic E-state index is 13.0. The molecule has 0 aliphatic carbocycles. The van der Waals surface area contributed by atoms with E-state index in [2.05, 4.69) is 16.3 Å². The van der Waals surface area contributed by atoms with Crippen molar-refractivity contribution in [3.63, 3.8) is 0 Å². The Labute approximate surface area is 227 Å². The van der Waals surface area contributed by atoms with E-state index in [0.29, 0.717) is 38.3 Å². The molecule has 0 spiro atoms. The van der Waals surface area contributed by atoms with Gasteiger partial charge < -0.3 is 24.3 Å². The standard InChI is InChI=1S/C30H35N3O6/c1-3-37-30(35)9-5-22-17-24(36-2)18-26-25(22)6-8-29(34)33(26)20-32-12-10-23(11-13-32)31-19-21-4-7-27-28(16-21)39-15-14-38-27/h4-9,16-18,23,31H,3,10-15,19-20H2,1-2H3/b9-5+. The van der Waals surface area contributed by atoms with Crippen LogP contribution in [0.5, 0.6) is 17.2 Å². The predicted octanol–water partition coefficient (Wildman–Crippen LogP) is 3.57. The highest BCUT2D eigenvalue weighted by Gasteiger charge is 2.21. The number of nitrogens with one attached hydrogen (secondary N) is 1. The van der Waals surface area contributed by atoms with E-state index in [1.807, 2.05) is 24.3 Å². The van der Waals surface area contributed by atoms with Crippen molar-refractivity contribution in [1.29, 1.82) is 0 Å². The summed E-state index contributed by atoms with van der Waals surface area (Å²) in [6, 6.07) is 13.6. The average Bonchev–Trinajstić information content (AvgIpc) is 2.96. The molecule has 2 aliphatic rings. The Hall–Kier alpha value is -3.82. The summed E-state index contributed by atoms with van der Waals surface area (Å²) in [5.41, 5.74) is 2.65. The molecule has 1 aromatic heterocycles. The van der Waals surface area contributed by atoms with Gasteiger partial charge in [-0.2, -0.15) is 0 Å². The lowest BCUT2D eigenvalue weighted by Gasteiger charge is -2.33. The third-order valence-electron chi connectivity index (χ3n) is 7.16. The van der Waals surface area contributed by atoms with E-state index in [0.717, 1.165) is 60.4 Å². The van der Waals surface area contributed by atoms with Crippen molar-refractivity contribution in [1.82, 2.24) is 14.8 Å². The molecule has 9 heteroatoms. The maximum atomic E-state index is 13.0. The fourth-order valence-corrected chi connectivity index (χ4v) is 5.09. The first-order valence-corrected chi connectivity index (χ1v) is 13.4. The summed E-state index contributed by atoms with van der Waals surface area (Å²) in [7, 11) is 1.59. The van der Waals surface area contributed by atoms with Gasteiger partial charge in [0.15, 0.2) is 11.5 Å². The molecular formula is C30H35N3O6. The Kier molecular flexibility index (Phi) is 8.48. The number of piperidine rings is 1. The molecule has 0 atom stereocenters. The van der Waals surface area contributed by atoms with Gasteiger partial charge in [-0.25, -0.2) is 4.79 Å². The summed E-state index contributed by atoms with van der Waals surface area (Å²) in [6.45, 7) is 6.26. The van der Waals surface area contributed by atoms with Crippen LogP contribution < -0.4 is 25.1 Å². The normalized spacial score (nSPS) is 16.1. The van der Waals surface area contributed by atoms with Gasteiger partial charge in [0.05, 0.1) is 25.9 Å². The van der Waals surface area contributed by atoms with Gasteiger partial charge in [-0.1, -0.05) is 6.07 Å². The average molecular weight is 534 g/mol. The van der Waals surface area contributed by atoms with E-state index in [-0.39, 0.29) is 5.56 Å². The summed E-state index contributed by atoms with van der Waals surface area (Å²) >= 11 is 0. The Morgan fingerprint density at radius 3 is 2.64 bits per heavy atom. The number of carbonyl (C=O) groups is 1. The minimum Gasteiger partial charge on any atom is -0.497 e. The molecule has 0 bridgehead atoms. The van der Waals surface area contributed by atoms with Gasteiger partial charge in [0.2, 0.25) is 0 Å². The van der Waals surface area contributed by atoms with E-state index in [9.17, 15) is 9.59 Å². The molecule has 9 nitrogen and oxygen atoms in total. The number of benzene rings is 2. The number of esters is 1. The lowest BCUT2D eigenvalue weighted by Crippen LogP contribution is -2.44. The van der Waals surface area contributed by atoms with Crippen LogP contribution in [0.25, 0.3) is 17.0 Å². The van der Waals surface area contributed by atoms with Crippen LogP contribution in [0.15, 0.2) is 53.3 Å². The molecule has 0 saturated carbocycles. The second kappa shape index (κ2) is 12.4. The number of ether oxygens (including phenoxy) is 4. The Morgan fingerprint density at radius 1 is 1.08 bits per heavy atom. The molecule has 2 aromatic carbocycles. The Balaban J connectivity index is 1.25. The zero-order valence-electron chi connectivity index (χ0n) is 22.5. The van der Waals surface area contributed by atoms with Gasteiger partial charge in [0.1, 0.15) is 19.0 Å². The minimum atomic E-state index is -0.410. The molecule has 2 aliphatic heterocycles. The number of fused-ring (bicyclic) bond motifs is 2. The number of hydrogen-bond acceptors (Lipinski definition) is 8. The van der Waals surface area contributed by atoms with Crippen LogP contribution in [-0.2, 0) is 22.7 Å². The van der Waals surface area contributed by atoms with E-state index < -0.39 is 5.97 Å². The minimum absolute atomic E-state index is 0.0741. The van der Waals surface area contributed by atoms with E-state index in [1.54, 1.807) is 36.8 Å². The topological polar surface area (TPSA) is 91.3 Å². The first-order chi connectivity index (χ1) is 19.0. The van der Waals surface area contributed by atoms with E-state index in [4.69, 9.17) is 18.9 Å². The molecule has 1 saturated heterocycles. The van der Waals surface area contributed by atoms with E-state index >= 15 is 0 Å². The van der Waals surface area contributed by atoms with Crippen molar-refractivity contribution in [3.05, 3.63) is 70.0 Å². The highest BCUT2D eigenvalue weighted by molar-refractivity contribution is 5.94. The Bertz CT molecular complexity index is 1410. The fourth-order valence-electron chi connectivity index (χ4n) is 5.09. The van der Waals surface area contributed by atoms with Crippen molar-refractivity contribution in [2.45, 2.75) is 39.0 Å². The largest absolute Gasteiger partial charge is 0.497 e. The first-order valence-electron chi connectivity index (χ1n) is 13.4. The molecule has 39 heavy (non-hydrogen) atoms. The summed E-state index contributed by atoms with van der Waals surface area (Å²) < 4.78 is 23.6. The zero-order chi connectivity index (χ0) is 27.2. The number of carbonyl (C=O) groups excluding carboxylic acids is 1. The summed E-state index contributed by atoms with van der Waals surface area (Å²) in [4.78, 5) is 27.2. The van der Waals surface area contributed by atoms with Crippen molar-refractivity contribution >= 4 is 22.9 Å². The lowest BCUT2D eigenvalue weighted by molar-refractivity contribution is -0.137. The summed E-state index contributed by atoms with van der Waals surface area (Å²) in [6.07, 6.45) is 5.08. The number of nitrogens with zero attached hydrogens (tertiary/aromatic N) is 2. The van der Waals surface area contributed by atoms with Gasteiger partial charge in [-0.3, -0.25) is 14.3 Å². The lowest BCUT2D eigenvalue weighted by atomic mass is 10.0. The molecular weight excluding hydrogens is 498 g/mol. The van der Waals surface area contributed by atoms with Crippen LogP contribution >= 0.6 is 0 Å². The van der Waals surface area contributed by atoms with Crippen molar-refractivity contribution in [2.75, 3.05) is 40.0 Å². The zero-order valence-corrected chi connectivity index (χ0v) is 22.5. The molecule has 0 unspecified atom stereocenters. The molecule has 1 N–H and O–H groups in total. The molecule has 5 rings (SSSR count). The van der Waals surface area contributed by atoms with Crippen LogP contribution in [0.3, 0.4) is 0 Å². The van der Waals surface area contributed by atoms with Crippen LogP contribution in [-0.4, -0.2) is 61.5 Å². The smallest absolute Gasteiger partial charge is 0.330 e. The molecule has 0 amide bonds. The number of rotatable bonds is 9. The monoisotopic (exact) mass is 533 g/mol. The third kappa shape index (κ3) is 6.43. The molecule has 3 aromatic rings. The van der Waals surface area contributed by atoms with Crippen molar-refractivity contribution < 1.29 is 23.7 Å². The summed E-state index contributed by atoms with van der Waals surface area (Å²) in [5, 5.41) is 4.54. The number of aromatic nitrogens is 1. The number of methoxy groups -OCH3 is 1.